The third-order valence-electron chi connectivity index (χ3n) is 1.88. The van der Waals surface area contributed by atoms with Crippen LogP contribution in [0.1, 0.15) is 18.1 Å². The summed E-state index contributed by atoms with van der Waals surface area (Å²) in [7, 11) is 0. The van der Waals surface area contributed by atoms with Gasteiger partial charge in [-0.1, -0.05) is 24.3 Å². The standard InChI is InChI=1S/C11H16OS/c1-9-5-3-4-6-11(9)8-13-7-10(2)12/h3-6,10,12H,7-8H2,1-2H3/t10-/m1/s1. The third-order valence-corrected chi connectivity index (χ3v) is 3.11. The first-order valence-corrected chi connectivity index (χ1v) is 5.66. The third kappa shape index (κ3) is 3.83. The van der Waals surface area contributed by atoms with Gasteiger partial charge in [-0.3, -0.25) is 0 Å². The smallest absolute Gasteiger partial charge is 0.0602 e. The van der Waals surface area contributed by atoms with E-state index in [4.69, 9.17) is 5.11 Å². The molecule has 0 heterocycles. The molecule has 2 heteroatoms. The number of aliphatic hydroxyl groups is 1. The Bertz CT molecular complexity index is 258. The van der Waals surface area contributed by atoms with Crippen LogP contribution in [-0.2, 0) is 5.75 Å². The minimum absolute atomic E-state index is 0.200. The molecule has 0 spiro atoms. The lowest BCUT2D eigenvalue weighted by atomic mass is 10.1. The molecule has 0 aliphatic carbocycles. The Morgan fingerprint density at radius 2 is 2.08 bits per heavy atom. The zero-order valence-corrected chi connectivity index (χ0v) is 8.97. The molecule has 1 rings (SSSR count). The molecule has 13 heavy (non-hydrogen) atoms. The first-order chi connectivity index (χ1) is 6.20. The van der Waals surface area contributed by atoms with Gasteiger partial charge in [0.1, 0.15) is 0 Å². The van der Waals surface area contributed by atoms with E-state index in [1.807, 2.05) is 6.92 Å². The summed E-state index contributed by atoms with van der Waals surface area (Å²) in [5.41, 5.74) is 2.70. The van der Waals surface area contributed by atoms with Gasteiger partial charge in [-0.2, -0.15) is 11.8 Å². The fraction of sp³-hybridized carbons (Fsp3) is 0.455. The van der Waals surface area contributed by atoms with E-state index in [9.17, 15) is 0 Å². The lowest BCUT2D eigenvalue weighted by molar-refractivity contribution is 0.220. The van der Waals surface area contributed by atoms with Crippen molar-refractivity contribution >= 4 is 11.8 Å². The van der Waals surface area contributed by atoms with Gasteiger partial charge in [-0.15, -0.1) is 0 Å². The Labute approximate surface area is 84.2 Å². The fourth-order valence-corrected chi connectivity index (χ4v) is 2.11. The van der Waals surface area contributed by atoms with E-state index in [-0.39, 0.29) is 6.10 Å². The average molecular weight is 196 g/mol. The van der Waals surface area contributed by atoms with Gasteiger partial charge in [0.05, 0.1) is 6.10 Å². The van der Waals surface area contributed by atoms with Gasteiger partial charge in [0.15, 0.2) is 0 Å². The highest BCUT2D eigenvalue weighted by Crippen LogP contribution is 2.16. The van der Waals surface area contributed by atoms with Gasteiger partial charge >= 0.3 is 0 Å². The lowest BCUT2D eigenvalue weighted by Crippen LogP contribution is -2.02. The summed E-state index contributed by atoms with van der Waals surface area (Å²) in [6, 6.07) is 8.38. The van der Waals surface area contributed by atoms with Crippen molar-refractivity contribution < 1.29 is 5.11 Å². The second-order valence-electron chi connectivity index (χ2n) is 3.29. The van der Waals surface area contributed by atoms with Crippen LogP contribution in [-0.4, -0.2) is 17.0 Å². The highest BCUT2D eigenvalue weighted by Gasteiger charge is 1.99. The summed E-state index contributed by atoms with van der Waals surface area (Å²) in [5, 5.41) is 9.08. The van der Waals surface area contributed by atoms with E-state index in [2.05, 4.69) is 31.2 Å². The molecular weight excluding hydrogens is 180 g/mol. The molecule has 0 saturated carbocycles. The van der Waals surface area contributed by atoms with Crippen molar-refractivity contribution in [2.45, 2.75) is 25.7 Å². The first-order valence-electron chi connectivity index (χ1n) is 4.50. The van der Waals surface area contributed by atoms with Crippen LogP contribution in [0.25, 0.3) is 0 Å². The molecule has 0 fully saturated rings. The zero-order chi connectivity index (χ0) is 9.68. The van der Waals surface area contributed by atoms with Gasteiger partial charge in [0, 0.05) is 11.5 Å². The van der Waals surface area contributed by atoms with Crippen LogP contribution in [0.4, 0.5) is 0 Å². The van der Waals surface area contributed by atoms with Gasteiger partial charge in [0.2, 0.25) is 0 Å². The van der Waals surface area contributed by atoms with E-state index in [1.165, 1.54) is 11.1 Å². The molecule has 0 radical (unpaired) electrons. The fourth-order valence-electron chi connectivity index (χ4n) is 1.11. The molecule has 0 aromatic heterocycles. The maximum Gasteiger partial charge on any atom is 0.0602 e. The predicted octanol–water partition coefficient (Wildman–Crippen LogP) is 2.61. The second kappa shape index (κ2) is 5.30. The first kappa shape index (κ1) is 10.6. The Kier molecular flexibility index (Phi) is 4.33. The van der Waals surface area contributed by atoms with Crippen LogP contribution in [0.2, 0.25) is 0 Å². The van der Waals surface area contributed by atoms with Crippen LogP contribution in [0.15, 0.2) is 24.3 Å². The molecule has 0 amide bonds. The maximum atomic E-state index is 9.08. The molecule has 1 aromatic carbocycles. The summed E-state index contributed by atoms with van der Waals surface area (Å²) < 4.78 is 0. The Morgan fingerprint density at radius 3 is 2.69 bits per heavy atom. The monoisotopic (exact) mass is 196 g/mol. The number of rotatable bonds is 4. The van der Waals surface area contributed by atoms with Crippen molar-refractivity contribution in [2.24, 2.45) is 0 Å². The van der Waals surface area contributed by atoms with Crippen molar-refractivity contribution in [3.05, 3.63) is 35.4 Å². The summed E-state index contributed by atoms with van der Waals surface area (Å²) in [5.74, 6) is 1.81. The SMILES string of the molecule is Cc1ccccc1CSC[C@@H](C)O. The summed E-state index contributed by atoms with van der Waals surface area (Å²) >= 11 is 1.78. The zero-order valence-electron chi connectivity index (χ0n) is 8.16. The molecule has 1 atom stereocenters. The van der Waals surface area contributed by atoms with Gasteiger partial charge in [-0.05, 0) is 25.0 Å². The van der Waals surface area contributed by atoms with E-state index in [0.29, 0.717) is 0 Å². The van der Waals surface area contributed by atoms with E-state index in [0.717, 1.165) is 11.5 Å². The quantitative estimate of drug-likeness (QED) is 0.798. The minimum Gasteiger partial charge on any atom is -0.393 e. The predicted molar refractivity (Wildman–Crippen MR) is 59.0 cm³/mol. The summed E-state index contributed by atoms with van der Waals surface area (Å²) in [6.07, 6.45) is -0.200. The highest BCUT2D eigenvalue weighted by atomic mass is 32.2. The topological polar surface area (TPSA) is 20.2 Å². The highest BCUT2D eigenvalue weighted by molar-refractivity contribution is 7.98. The minimum atomic E-state index is -0.200. The lowest BCUT2D eigenvalue weighted by Gasteiger charge is -2.06. The van der Waals surface area contributed by atoms with Crippen molar-refractivity contribution in [1.29, 1.82) is 0 Å². The Morgan fingerprint density at radius 1 is 1.38 bits per heavy atom. The van der Waals surface area contributed by atoms with Gasteiger partial charge in [-0.25, -0.2) is 0 Å². The molecular formula is C11H16OS. The normalized spacial score (nSPS) is 12.8. The number of hydrogen-bond donors (Lipinski definition) is 1. The number of benzene rings is 1. The van der Waals surface area contributed by atoms with Crippen molar-refractivity contribution in [1.82, 2.24) is 0 Å². The number of hydrogen-bond acceptors (Lipinski definition) is 2. The number of thioether (sulfide) groups is 1. The summed E-state index contributed by atoms with van der Waals surface area (Å²) in [4.78, 5) is 0. The molecule has 0 unspecified atom stereocenters. The Balaban J connectivity index is 2.41. The van der Waals surface area contributed by atoms with Crippen LogP contribution in [0, 0.1) is 6.92 Å². The molecule has 0 aliphatic rings. The molecule has 0 bridgehead atoms. The largest absolute Gasteiger partial charge is 0.393 e. The average Bonchev–Trinajstić information content (AvgIpc) is 2.08. The van der Waals surface area contributed by atoms with E-state index in [1.54, 1.807) is 11.8 Å². The van der Waals surface area contributed by atoms with E-state index >= 15 is 0 Å². The van der Waals surface area contributed by atoms with Crippen LogP contribution < -0.4 is 0 Å². The van der Waals surface area contributed by atoms with Crippen molar-refractivity contribution in [2.75, 3.05) is 5.75 Å². The van der Waals surface area contributed by atoms with Crippen LogP contribution in [0.3, 0.4) is 0 Å². The molecule has 1 aromatic rings. The van der Waals surface area contributed by atoms with Gasteiger partial charge in [0.25, 0.3) is 0 Å². The van der Waals surface area contributed by atoms with Gasteiger partial charge < -0.3 is 5.11 Å². The van der Waals surface area contributed by atoms with Crippen molar-refractivity contribution in [3.8, 4) is 0 Å². The molecule has 1 nitrogen and oxygen atoms in total. The van der Waals surface area contributed by atoms with Crippen molar-refractivity contribution in [3.63, 3.8) is 0 Å². The number of aryl methyl sites for hydroxylation is 1. The molecule has 72 valence electrons. The molecule has 1 N–H and O–H groups in total. The number of aliphatic hydroxyl groups excluding tert-OH is 1. The maximum absolute atomic E-state index is 9.08. The second-order valence-corrected chi connectivity index (χ2v) is 4.32. The summed E-state index contributed by atoms with van der Waals surface area (Å²) in [6.45, 7) is 3.95. The van der Waals surface area contributed by atoms with Crippen LogP contribution >= 0.6 is 11.8 Å². The van der Waals surface area contributed by atoms with E-state index < -0.39 is 0 Å². The Hall–Kier alpha value is -0.470. The van der Waals surface area contributed by atoms with Crippen LogP contribution in [0.5, 0.6) is 0 Å². The molecule has 0 aliphatic heterocycles. The molecule has 0 saturated heterocycles.